The molecule has 6 nitrogen and oxygen atoms in total. The fourth-order valence-corrected chi connectivity index (χ4v) is 1.37. The SMILES string of the molecule is N[C@@H](Cc1ccc(O)cc1)C(=O)OS(=O)O. The van der Waals surface area contributed by atoms with Gasteiger partial charge in [-0.15, -0.1) is 0 Å². The highest BCUT2D eigenvalue weighted by Crippen LogP contribution is 2.11. The van der Waals surface area contributed by atoms with E-state index in [-0.39, 0.29) is 12.2 Å². The number of benzene rings is 1. The molecule has 88 valence electrons. The molecule has 4 N–H and O–H groups in total. The van der Waals surface area contributed by atoms with Crippen LogP contribution in [0, 0.1) is 0 Å². The molecule has 0 aliphatic heterocycles. The van der Waals surface area contributed by atoms with E-state index in [1.807, 2.05) is 0 Å². The first-order chi connectivity index (χ1) is 7.49. The molecule has 0 saturated carbocycles. The summed E-state index contributed by atoms with van der Waals surface area (Å²) in [6, 6.07) is 5.09. The molecule has 0 radical (unpaired) electrons. The summed E-state index contributed by atoms with van der Waals surface area (Å²) in [7, 11) is 0. The van der Waals surface area contributed by atoms with Crippen LogP contribution < -0.4 is 5.73 Å². The van der Waals surface area contributed by atoms with E-state index >= 15 is 0 Å². The van der Waals surface area contributed by atoms with Gasteiger partial charge in [0.05, 0.1) is 0 Å². The van der Waals surface area contributed by atoms with Crippen LogP contribution >= 0.6 is 0 Å². The number of phenols is 1. The van der Waals surface area contributed by atoms with Gasteiger partial charge in [-0.2, -0.15) is 4.21 Å². The molecule has 0 amide bonds. The van der Waals surface area contributed by atoms with Gasteiger partial charge in [0.15, 0.2) is 0 Å². The number of hydrogen-bond acceptors (Lipinski definition) is 5. The predicted octanol–water partition coefficient (Wildman–Crippen LogP) is -0.0581. The lowest BCUT2D eigenvalue weighted by atomic mass is 10.1. The van der Waals surface area contributed by atoms with E-state index in [0.29, 0.717) is 5.56 Å². The van der Waals surface area contributed by atoms with Crippen LogP contribution in [-0.2, 0) is 26.8 Å². The largest absolute Gasteiger partial charge is 0.508 e. The second-order valence-electron chi connectivity index (χ2n) is 3.10. The highest BCUT2D eigenvalue weighted by atomic mass is 32.2. The molecule has 0 heterocycles. The molecule has 1 aromatic rings. The third-order valence-corrected chi connectivity index (χ3v) is 2.15. The van der Waals surface area contributed by atoms with Crippen LogP contribution in [0.4, 0.5) is 0 Å². The number of carbonyl (C=O) groups is 1. The molecule has 7 heteroatoms. The first-order valence-corrected chi connectivity index (χ1v) is 5.38. The Morgan fingerprint density at radius 1 is 1.44 bits per heavy atom. The van der Waals surface area contributed by atoms with Gasteiger partial charge in [-0.1, -0.05) is 12.1 Å². The predicted molar refractivity (Wildman–Crippen MR) is 56.6 cm³/mol. The van der Waals surface area contributed by atoms with E-state index in [9.17, 15) is 9.00 Å². The maximum Gasteiger partial charge on any atom is 0.360 e. The van der Waals surface area contributed by atoms with E-state index in [4.69, 9.17) is 15.4 Å². The van der Waals surface area contributed by atoms with Crippen LogP contribution in [0.5, 0.6) is 5.75 Å². The number of hydrogen-bond donors (Lipinski definition) is 3. The zero-order valence-corrected chi connectivity index (χ0v) is 9.02. The average Bonchev–Trinajstić information content (AvgIpc) is 2.20. The van der Waals surface area contributed by atoms with E-state index in [2.05, 4.69) is 4.18 Å². The minimum Gasteiger partial charge on any atom is -0.508 e. The van der Waals surface area contributed by atoms with Crippen molar-refractivity contribution >= 4 is 17.3 Å². The molecule has 0 bridgehead atoms. The van der Waals surface area contributed by atoms with E-state index < -0.39 is 23.4 Å². The molecule has 16 heavy (non-hydrogen) atoms. The molecule has 0 aliphatic rings. The Labute approximate surface area is 94.5 Å². The van der Waals surface area contributed by atoms with Gasteiger partial charge < -0.3 is 15.0 Å². The highest BCUT2D eigenvalue weighted by molar-refractivity contribution is 7.74. The van der Waals surface area contributed by atoms with Gasteiger partial charge >= 0.3 is 17.3 Å². The average molecular weight is 245 g/mol. The smallest absolute Gasteiger partial charge is 0.360 e. The first-order valence-electron chi connectivity index (χ1n) is 4.35. The Morgan fingerprint density at radius 3 is 2.50 bits per heavy atom. The first kappa shape index (κ1) is 12.6. The summed E-state index contributed by atoms with van der Waals surface area (Å²) in [6.45, 7) is 0. The molecule has 1 rings (SSSR count). The van der Waals surface area contributed by atoms with Crippen molar-refractivity contribution in [3.05, 3.63) is 29.8 Å². The van der Waals surface area contributed by atoms with E-state index in [1.54, 1.807) is 12.1 Å². The molecule has 0 spiro atoms. The summed E-state index contributed by atoms with van der Waals surface area (Å²) < 4.78 is 22.5. The van der Waals surface area contributed by atoms with Crippen molar-refractivity contribution in [2.24, 2.45) is 5.73 Å². The molecule has 0 fully saturated rings. The summed E-state index contributed by atoms with van der Waals surface area (Å²) >= 11 is -2.65. The van der Waals surface area contributed by atoms with E-state index in [1.165, 1.54) is 12.1 Å². The minimum absolute atomic E-state index is 0.108. The van der Waals surface area contributed by atoms with Crippen LogP contribution in [-0.4, -0.2) is 25.9 Å². The Bertz CT molecular complexity index is 391. The van der Waals surface area contributed by atoms with Crippen molar-refractivity contribution in [1.29, 1.82) is 0 Å². The number of carbonyl (C=O) groups excluding carboxylic acids is 1. The van der Waals surface area contributed by atoms with Gasteiger partial charge in [-0.3, -0.25) is 4.55 Å². The maximum atomic E-state index is 11.1. The maximum absolute atomic E-state index is 11.1. The molecule has 0 aromatic heterocycles. The lowest BCUT2D eigenvalue weighted by Crippen LogP contribution is -2.34. The lowest BCUT2D eigenvalue weighted by molar-refractivity contribution is -0.135. The number of aromatic hydroxyl groups is 1. The van der Waals surface area contributed by atoms with Crippen LogP contribution in [0.15, 0.2) is 24.3 Å². The topological polar surface area (TPSA) is 110 Å². The van der Waals surface area contributed by atoms with Crippen molar-refractivity contribution in [3.63, 3.8) is 0 Å². The Hall–Kier alpha value is -1.44. The molecular formula is C9H11NO5S. The quantitative estimate of drug-likeness (QED) is 0.641. The fraction of sp³-hybridized carbons (Fsp3) is 0.222. The lowest BCUT2D eigenvalue weighted by Gasteiger charge is -2.08. The Balaban J connectivity index is 2.57. The van der Waals surface area contributed by atoms with Crippen LogP contribution in [0.3, 0.4) is 0 Å². The van der Waals surface area contributed by atoms with Crippen molar-refractivity contribution < 1.29 is 22.8 Å². The third-order valence-electron chi connectivity index (χ3n) is 1.85. The zero-order chi connectivity index (χ0) is 12.1. The van der Waals surface area contributed by atoms with Gasteiger partial charge in [-0.05, 0) is 24.1 Å². The van der Waals surface area contributed by atoms with Gasteiger partial charge in [0.1, 0.15) is 11.8 Å². The van der Waals surface area contributed by atoms with Crippen molar-refractivity contribution in [2.45, 2.75) is 12.5 Å². The number of phenolic OH excluding ortho intramolecular Hbond substituents is 1. The fourth-order valence-electron chi connectivity index (χ4n) is 1.10. The van der Waals surface area contributed by atoms with Crippen molar-refractivity contribution in [3.8, 4) is 5.75 Å². The van der Waals surface area contributed by atoms with E-state index in [0.717, 1.165) is 0 Å². The molecule has 1 unspecified atom stereocenters. The molecule has 0 saturated heterocycles. The molecule has 2 atom stereocenters. The molecule has 1 aromatic carbocycles. The second kappa shape index (κ2) is 5.59. The highest BCUT2D eigenvalue weighted by Gasteiger charge is 2.17. The summed E-state index contributed by atoms with van der Waals surface area (Å²) in [6.07, 6.45) is 0.163. The standard InChI is InChI=1S/C9H11NO5S/c10-8(9(12)15-16(13)14)5-6-1-3-7(11)4-2-6/h1-4,8,11H,5,10H2,(H,13,14)/t8-/m0/s1. The number of nitrogens with two attached hydrogens (primary N) is 1. The minimum atomic E-state index is -2.65. The zero-order valence-electron chi connectivity index (χ0n) is 8.20. The molecular weight excluding hydrogens is 234 g/mol. The van der Waals surface area contributed by atoms with Crippen molar-refractivity contribution in [2.75, 3.05) is 0 Å². The van der Waals surface area contributed by atoms with Crippen LogP contribution in [0.2, 0.25) is 0 Å². The van der Waals surface area contributed by atoms with Gasteiger partial charge in [0.25, 0.3) is 0 Å². The summed E-state index contributed by atoms with van der Waals surface area (Å²) in [5, 5.41) is 9.02. The second-order valence-corrected chi connectivity index (χ2v) is 3.70. The van der Waals surface area contributed by atoms with Crippen LogP contribution in [0.25, 0.3) is 0 Å². The number of rotatable bonds is 4. The van der Waals surface area contributed by atoms with Gasteiger partial charge in [0.2, 0.25) is 0 Å². The monoisotopic (exact) mass is 245 g/mol. The molecule has 0 aliphatic carbocycles. The summed E-state index contributed by atoms with van der Waals surface area (Å²) in [4.78, 5) is 11.1. The van der Waals surface area contributed by atoms with Crippen LogP contribution in [0.1, 0.15) is 5.56 Å². The third kappa shape index (κ3) is 3.97. The summed E-state index contributed by atoms with van der Waals surface area (Å²) in [5.74, 6) is -0.842. The van der Waals surface area contributed by atoms with Gasteiger partial charge in [-0.25, -0.2) is 4.79 Å². The van der Waals surface area contributed by atoms with Gasteiger partial charge in [0, 0.05) is 0 Å². The summed E-state index contributed by atoms with van der Waals surface area (Å²) in [5.41, 5.74) is 6.17. The normalized spacial score (nSPS) is 14.1. The Kier molecular flexibility index (Phi) is 4.41. The van der Waals surface area contributed by atoms with Crippen molar-refractivity contribution in [1.82, 2.24) is 0 Å². The Morgan fingerprint density at radius 2 is 2.00 bits per heavy atom.